The summed E-state index contributed by atoms with van der Waals surface area (Å²) in [4.78, 5) is 4.23. The smallest absolute Gasteiger partial charge is 0.248 e. The van der Waals surface area contributed by atoms with Gasteiger partial charge in [-0.25, -0.2) is 9.67 Å². The monoisotopic (exact) mass is 433 g/mol. The van der Waals surface area contributed by atoms with Gasteiger partial charge >= 0.3 is 0 Å². The fourth-order valence-electron chi connectivity index (χ4n) is 2.65. The summed E-state index contributed by atoms with van der Waals surface area (Å²) in [6, 6.07) is 13.6. The van der Waals surface area contributed by atoms with E-state index in [1.165, 1.54) is 5.56 Å². The molecule has 5 nitrogen and oxygen atoms in total. The molecule has 1 heterocycles. The fourth-order valence-corrected chi connectivity index (χ4v) is 3.32. The van der Waals surface area contributed by atoms with E-state index in [4.69, 9.17) is 35.4 Å². The van der Waals surface area contributed by atoms with Crippen LogP contribution in [0.2, 0.25) is 10.0 Å². The van der Waals surface area contributed by atoms with Gasteiger partial charge < -0.3 is 5.32 Å². The lowest BCUT2D eigenvalue weighted by atomic mass is 9.99. The number of nitrogens with zero attached hydrogens (tertiary/aromatic N) is 3. The molecule has 0 aliphatic rings. The Balaban J connectivity index is 1.57. The lowest BCUT2D eigenvalue weighted by Crippen LogP contribution is -2.20. The van der Waals surface area contributed by atoms with E-state index in [0.29, 0.717) is 33.6 Å². The third-order valence-corrected chi connectivity index (χ3v) is 5.25. The zero-order valence-electron chi connectivity index (χ0n) is 15.6. The SMILES string of the molecule is CCC(C)c1ccc(NC(=S)Nc2ncn(Cc3ccc(Cl)cc3Cl)n2)cc1. The minimum absolute atomic E-state index is 0.416. The number of thiocarbonyl (C=S) groups is 1. The molecule has 0 saturated carbocycles. The molecule has 3 aromatic rings. The van der Waals surface area contributed by atoms with Gasteiger partial charge in [-0.3, -0.25) is 5.32 Å². The number of halogens is 2. The molecule has 2 aromatic carbocycles. The van der Waals surface area contributed by atoms with Crippen molar-refractivity contribution in [2.75, 3.05) is 10.6 Å². The van der Waals surface area contributed by atoms with Gasteiger partial charge in [-0.05, 0) is 59.9 Å². The van der Waals surface area contributed by atoms with E-state index < -0.39 is 0 Å². The third kappa shape index (κ3) is 5.44. The van der Waals surface area contributed by atoms with E-state index in [1.807, 2.05) is 18.2 Å². The molecule has 3 rings (SSSR count). The summed E-state index contributed by atoms with van der Waals surface area (Å²) in [7, 11) is 0. The van der Waals surface area contributed by atoms with Crippen LogP contribution in [0.3, 0.4) is 0 Å². The lowest BCUT2D eigenvalue weighted by Gasteiger charge is -2.11. The maximum Gasteiger partial charge on any atom is 0.248 e. The number of nitrogens with one attached hydrogen (secondary N) is 2. The maximum absolute atomic E-state index is 6.21. The highest BCUT2D eigenvalue weighted by Crippen LogP contribution is 2.22. The number of aromatic nitrogens is 3. The first-order chi connectivity index (χ1) is 13.4. The quantitative estimate of drug-likeness (QED) is 0.469. The molecule has 1 unspecified atom stereocenters. The van der Waals surface area contributed by atoms with Gasteiger partial charge in [-0.15, -0.1) is 5.10 Å². The molecule has 0 aliphatic heterocycles. The van der Waals surface area contributed by atoms with Gasteiger partial charge in [-0.2, -0.15) is 0 Å². The molecule has 0 bridgehead atoms. The normalized spacial score (nSPS) is 11.9. The standard InChI is InChI=1S/C20H21Cl2N5S/c1-3-13(2)14-5-8-17(9-6-14)24-20(28)25-19-23-12-27(26-19)11-15-4-7-16(21)10-18(15)22/h4-10,12-13H,3,11H2,1-2H3,(H2,24,25,26,28). The van der Waals surface area contributed by atoms with Crippen LogP contribution in [0.5, 0.6) is 0 Å². The Labute approximate surface area is 180 Å². The average molecular weight is 434 g/mol. The van der Waals surface area contributed by atoms with Gasteiger partial charge in [-0.1, -0.05) is 55.2 Å². The topological polar surface area (TPSA) is 54.8 Å². The molecule has 28 heavy (non-hydrogen) atoms. The summed E-state index contributed by atoms with van der Waals surface area (Å²) in [5, 5.41) is 12.1. The summed E-state index contributed by atoms with van der Waals surface area (Å²) in [6.07, 6.45) is 2.74. The van der Waals surface area contributed by atoms with E-state index in [2.05, 4.69) is 46.7 Å². The Kier molecular flexibility index (Phi) is 6.88. The van der Waals surface area contributed by atoms with Crippen LogP contribution in [0.15, 0.2) is 48.8 Å². The minimum atomic E-state index is 0.416. The van der Waals surface area contributed by atoms with Crippen molar-refractivity contribution in [3.8, 4) is 0 Å². The second-order valence-corrected chi connectivity index (χ2v) is 7.76. The van der Waals surface area contributed by atoms with Gasteiger partial charge in [0.25, 0.3) is 0 Å². The first kappa shape index (κ1) is 20.6. The first-order valence-corrected chi connectivity index (χ1v) is 10.1. The summed E-state index contributed by atoms with van der Waals surface area (Å²) in [6.45, 7) is 4.89. The van der Waals surface area contributed by atoms with Gasteiger partial charge in [0.1, 0.15) is 6.33 Å². The summed E-state index contributed by atoms with van der Waals surface area (Å²) in [5.41, 5.74) is 3.13. The number of rotatable bonds is 6. The molecule has 0 fully saturated rings. The van der Waals surface area contributed by atoms with Crippen LogP contribution < -0.4 is 10.6 Å². The van der Waals surface area contributed by atoms with Crippen LogP contribution in [0.4, 0.5) is 11.6 Å². The van der Waals surface area contributed by atoms with Crippen LogP contribution in [0, 0.1) is 0 Å². The van der Waals surface area contributed by atoms with Crippen molar-refractivity contribution in [1.82, 2.24) is 14.8 Å². The van der Waals surface area contributed by atoms with Gasteiger partial charge in [0, 0.05) is 15.7 Å². The Morgan fingerprint density at radius 1 is 1.14 bits per heavy atom. The Morgan fingerprint density at radius 2 is 1.89 bits per heavy atom. The molecule has 0 saturated heterocycles. The van der Waals surface area contributed by atoms with Crippen LogP contribution in [-0.4, -0.2) is 19.9 Å². The van der Waals surface area contributed by atoms with Crippen molar-refractivity contribution < 1.29 is 0 Å². The predicted molar refractivity (Wildman–Crippen MR) is 121 cm³/mol. The molecule has 0 aliphatic carbocycles. The Bertz CT molecular complexity index is 955. The Morgan fingerprint density at radius 3 is 2.57 bits per heavy atom. The summed E-state index contributed by atoms with van der Waals surface area (Å²) < 4.78 is 1.68. The molecule has 146 valence electrons. The number of hydrogen-bond acceptors (Lipinski definition) is 3. The molecule has 0 radical (unpaired) electrons. The Hall–Kier alpha value is -2.15. The van der Waals surface area contributed by atoms with Crippen molar-refractivity contribution in [2.45, 2.75) is 32.7 Å². The maximum atomic E-state index is 6.21. The fraction of sp³-hybridized carbons (Fsp3) is 0.250. The van der Waals surface area contributed by atoms with Crippen molar-refractivity contribution in [3.05, 3.63) is 70.0 Å². The molecule has 1 atom stereocenters. The van der Waals surface area contributed by atoms with Crippen molar-refractivity contribution in [1.29, 1.82) is 0 Å². The molecule has 0 amide bonds. The van der Waals surface area contributed by atoms with Crippen molar-refractivity contribution in [2.24, 2.45) is 0 Å². The second-order valence-electron chi connectivity index (χ2n) is 6.51. The number of hydrogen-bond donors (Lipinski definition) is 2. The van der Waals surface area contributed by atoms with Crippen LogP contribution in [0.25, 0.3) is 0 Å². The zero-order chi connectivity index (χ0) is 20.1. The van der Waals surface area contributed by atoms with E-state index in [9.17, 15) is 0 Å². The average Bonchev–Trinajstić information content (AvgIpc) is 3.10. The molecule has 0 spiro atoms. The largest absolute Gasteiger partial charge is 0.332 e. The van der Waals surface area contributed by atoms with Crippen LogP contribution in [-0.2, 0) is 6.54 Å². The van der Waals surface area contributed by atoms with Crippen LogP contribution >= 0.6 is 35.4 Å². The molecule has 8 heteroatoms. The molecular weight excluding hydrogens is 413 g/mol. The number of anilines is 2. The van der Waals surface area contributed by atoms with Gasteiger partial charge in [0.15, 0.2) is 5.11 Å². The van der Waals surface area contributed by atoms with E-state index >= 15 is 0 Å². The first-order valence-electron chi connectivity index (χ1n) is 8.96. The van der Waals surface area contributed by atoms with Crippen molar-refractivity contribution in [3.63, 3.8) is 0 Å². The summed E-state index contributed by atoms with van der Waals surface area (Å²) >= 11 is 17.5. The molecule has 1 aromatic heterocycles. The predicted octanol–water partition coefficient (Wildman–Crippen LogP) is 5.96. The zero-order valence-corrected chi connectivity index (χ0v) is 17.9. The molecule has 2 N–H and O–H groups in total. The highest BCUT2D eigenvalue weighted by atomic mass is 35.5. The third-order valence-electron chi connectivity index (χ3n) is 4.46. The van der Waals surface area contributed by atoms with E-state index in [-0.39, 0.29) is 0 Å². The van der Waals surface area contributed by atoms with Crippen molar-refractivity contribution >= 4 is 52.2 Å². The highest BCUT2D eigenvalue weighted by molar-refractivity contribution is 7.80. The van der Waals surface area contributed by atoms with Gasteiger partial charge in [0.05, 0.1) is 6.54 Å². The lowest BCUT2D eigenvalue weighted by molar-refractivity contribution is 0.687. The van der Waals surface area contributed by atoms with Gasteiger partial charge in [0.2, 0.25) is 5.95 Å². The molecular formula is C20H21Cl2N5S. The summed E-state index contributed by atoms with van der Waals surface area (Å²) in [5.74, 6) is 0.959. The minimum Gasteiger partial charge on any atom is -0.332 e. The van der Waals surface area contributed by atoms with E-state index in [0.717, 1.165) is 17.7 Å². The number of benzene rings is 2. The van der Waals surface area contributed by atoms with Crippen LogP contribution in [0.1, 0.15) is 37.3 Å². The second kappa shape index (κ2) is 9.37. The van der Waals surface area contributed by atoms with E-state index in [1.54, 1.807) is 23.1 Å². The highest BCUT2D eigenvalue weighted by Gasteiger charge is 2.08.